The van der Waals surface area contributed by atoms with Crippen LogP contribution < -0.4 is 10.1 Å². The number of halogens is 2. The van der Waals surface area contributed by atoms with Gasteiger partial charge in [0.1, 0.15) is 11.4 Å². The number of pyridine rings is 1. The third-order valence-corrected chi connectivity index (χ3v) is 2.88. The summed E-state index contributed by atoms with van der Waals surface area (Å²) in [7, 11) is 1.42. The van der Waals surface area contributed by atoms with Crippen LogP contribution in [0.25, 0.3) is 0 Å². The first-order valence-electron chi connectivity index (χ1n) is 5.37. The van der Waals surface area contributed by atoms with E-state index in [0.717, 1.165) is 0 Å². The number of rotatable bonds is 3. The number of aromatic nitrogens is 1. The molecule has 1 aromatic heterocycles. The first kappa shape index (κ1) is 13.5. The number of nitrogens with one attached hydrogen (secondary N) is 1. The lowest BCUT2D eigenvalue weighted by Crippen LogP contribution is -2.14. The molecule has 2 aromatic rings. The van der Waals surface area contributed by atoms with Crippen molar-refractivity contribution < 1.29 is 13.9 Å². The normalized spacial score (nSPS) is 10.1. The number of nitrogens with zero attached hydrogens (tertiary/aromatic N) is 1. The summed E-state index contributed by atoms with van der Waals surface area (Å²) in [5.74, 6) is -0.811. The molecule has 1 aromatic carbocycles. The third kappa shape index (κ3) is 3.08. The highest BCUT2D eigenvalue weighted by Gasteiger charge is 2.14. The molecule has 0 aliphatic carbocycles. The Morgan fingerprint density at radius 1 is 1.42 bits per heavy atom. The molecule has 0 unspecified atom stereocenters. The van der Waals surface area contributed by atoms with Crippen LogP contribution in [0.1, 0.15) is 10.4 Å². The topological polar surface area (TPSA) is 51.2 Å². The Balaban J connectivity index is 2.26. The van der Waals surface area contributed by atoms with E-state index < -0.39 is 11.7 Å². The van der Waals surface area contributed by atoms with Gasteiger partial charge in [-0.05, 0) is 30.3 Å². The zero-order chi connectivity index (χ0) is 13.8. The third-order valence-electron chi connectivity index (χ3n) is 2.39. The molecule has 0 aliphatic heterocycles. The maximum absolute atomic E-state index is 13.6. The van der Waals surface area contributed by atoms with Crippen molar-refractivity contribution in [3.05, 3.63) is 52.4 Å². The Hall–Kier alpha value is -1.95. The predicted molar refractivity (Wildman–Crippen MR) is 72.8 cm³/mol. The van der Waals surface area contributed by atoms with E-state index in [9.17, 15) is 9.18 Å². The first-order valence-corrected chi connectivity index (χ1v) is 6.16. The SMILES string of the molecule is COc1ncccc1C(=O)Nc1ccc(Br)cc1F. The number of benzene rings is 1. The van der Waals surface area contributed by atoms with Crippen molar-refractivity contribution in [3.8, 4) is 5.88 Å². The van der Waals surface area contributed by atoms with Crippen molar-refractivity contribution in [2.75, 3.05) is 12.4 Å². The minimum Gasteiger partial charge on any atom is -0.480 e. The van der Waals surface area contributed by atoms with Gasteiger partial charge in [0, 0.05) is 10.7 Å². The molecule has 6 heteroatoms. The standard InChI is InChI=1S/C13H10BrFN2O2/c1-19-13-9(3-2-6-16-13)12(18)17-11-5-4-8(14)7-10(11)15/h2-7H,1H3,(H,17,18). The quantitative estimate of drug-likeness (QED) is 0.942. The molecule has 0 radical (unpaired) electrons. The number of hydrogen-bond donors (Lipinski definition) is 1. The molecule has 1 amide bonds. The molecule has 0 bridgehead atoms. The van der Waals surface area contributed by atoms with Gasteiger partial charge in [-0.15, -0.1) is 0 Å². The summed E-state index contributed by atoms with van der Waals surface area (Å²) in [6.07, 6.45) is 1.51. The summed E-state index contributed by atoms with van der Waals surface area (Å²) in [5, 5.41) is 2.47. The lowest BCUT2D eigenvalue weighted by molar-refractivity contribution is 0.102. The first-order chi connectivity index (χ1) is 9.11. The van der Waals surface area contributed by atoms with E-state index in [-0.39, 0.29) is 17.1 Å². The zero-order valence-corrected chi connectivity index (χ0v) is 11.6. The minimum atomic E-state index is -0.523. The minimum absolute atomic E-state index is 0.0964. The van der Waals surface area contributed by atoms with Gasteiger partial charge in [-0.3, -0.25) is 4.79 Å². The zero-order valence-electron chi connectivity index (χ0n) is 9.98. The molecule has 1 heterocycles. The smallest absolute Gasteiger partial charge is 0.261 e. The van der Waals surface area contributed by atoms with E-state index in [1.165, 1.54) is 25.4 Å². The lowest BCUT2D eigenvalue weighted by atomic mass is 10.2. The Kier molecular flexibility index (Phi) is 4.11. The van der Waals surface area contributed by atoms with E-state index in [0.29, 0.717) is 4.47 Å². The van der Waals surface area contributed by atoms with Gasteiger partial charge in [-0.2, -0.15) is 0 Å². The van der Waals surface area contributed by atoms with Gasteiger partial charge in [0.2, 0.25) is 5.88 Å². The van der Waals surface area contributed by atoms with Crippen molar-refractivity contribution in [2.24, 2.45) is 0 Å². The Morgan fingerprint density at radius 3 is 2.89 bits per heavy atom. The highest BCUT2D eigenvalue weighted by molar-refractivity contribution is 9.10. The van der Waals surface area contributed by atoms with Crippen molar-refractivity contribution in [3.63, 3.8) is 0 Å². The molecule has 0 saturated carbocycles. The van der Waals surface area contributed by atoms with Crippen molar-refractivity contribution in [1.29, 1.82) is 0 Å². The lowest BCUT2D eigenvalue weighted by Gasteiger charge is -2.09. The van der Waals surface area contributed by atoms with Crippen LogP contribution in [-0.2, 0) is 0 Å². The molecule has 98 valence electrons. The fraction of sp³-hybridized carbons (Fsp3) is 0.0769. The summed E-state index contributed by atoms with van der Waals surface area (Å²) in [6, 6.07) is 7.54. The van der Waals surface area contributed by atoms with Gasteiger partial charge in [-0.1, -0.05) is 15.9 Å². The average molecular weight is 325 g/mol. The number of methoxy groups -OCH3 is 1. The number of amides is 1. The van der Waals surface area contributed by atoms with Crippen molar-refractivity contribution in [1.82, 2.24) is 4.98 Å². The highest BCUT2D eigenvalue weighted by atomic mass is 79.9. The summed E-state index contributed by atoms with van der Waals surface area (Å²) >= 11 is 3.15. The van der Waals surface area contributed by atoms with Crippen molar-refractivity contribution in [2.45, 2.75) is 0 Å². The van der Waals surface area contributed by atoms with Gasteiger partial charge in [0.25, 0.3) is 5.91 Å². The maximum Gasteiger partial charge on any atom is 0.261 e. The van der Waals surface area contributed by atoms with E-state index in [2.05, 4.69) is 26.2 Å². The van der Waals surface area contributed by atoms with Crippen LogP contribution in [0.4, 0.5) is 10.1 Å². The molecular formula is C13H10BrFN2O2. The summed E-state index contributed by atoms with van der Waals surface area (Å²) in [6.45, 7) is 0. The molecule has 4 nitrogen and oxygen atoms in total. The van der Waals surface area contributed by atoms with E-state index in [1.54, 1.807) is 18.2 Å². The van der Waals surface area contributed by atoms with Crippen LogP contribution in [0.15, 0.2) is 41.0 Å². The molecule has 19 heavy (non-hydrogen) atoms. The van der Waals surface area contributed by atoms with Crippen LogP contribution in [0.2, 0.25) is 0 Å². The molecule has 0 fully saturated rings. The second kappa shape index (κ2) is 5.79. The second-order valence-electron chi connectivity index (χ2n) is 3.64. The van der Waals surface area contributed by atoms with Crippen LogP contribution >= 0.6 is 15.9 Å². The number of ether oxygens (including phenoxy) is 1. The number of anilines is 1. The maximum atomic E-state index is 13.6. The van der Waals surface area contributed by atoms with Gasteiger partial charge in [-0.25, -0.2) is 9.37 Å². The molecule has 0 spiro atoms. The van der Waals surface area contributed by atoms with Crippen LogP contribution in [0, 0.1) is 5.82 Å². The summed E-state index contributed by atoms with van der Waals surface area (Å²) < 4.78 is 19.2. The van der Waals surface area contributed by atoms with Crippen LogP contribution in [0.5, 0.6) is 5.88 Å². The Morgan fingerprint density at radius 2 is 2.21 bits per heavy atom. The van der Waals surface area contributed by atoms with Crippen molar-refractivity contribution >= 4 is 27.5 Å². The molecular weight excluding hydrogens is 315 g/mol. The monoisotopic (exact) mass is 324 g/mol. The summed E-state index contributed by atoms with van der Waals surface area (Å²) in [5.41, 5.74) is 0.339. The van der Waals surface area contributed by atoms with Gasteiger partial charge >= 0.3 is 0 Å². The molecule has 0 aliphatic rings. The molecule has 1 N–H and O–H groups in total. The van der Waals surface area contributed by atoms with Crippen LogP contribution in [-0.4, -0.2) is 18.0 Å². The molecule has 2 rings (SSSR count). The van der Waals surface area contributed by atoms with Gasteiger partial charge in [0.15, 0.2) is 0 Å². The Labute approximate surface area is 117 Å². The van der Waals surface area contributed by atoms with E-state index >= 15 is 0 Å². The Bertz CT molecular complexity index is 619. The summed E-state index contributed by atoms with van der Waals surface area (Å²) in [4.78, 5) is 15.9. The van der Waals surface area contributed by atoms with Gasteiger partial charge < -0.3 is 10.1 Å². The largest absolute Gasteiger partial charge is 0.480 e. The predicted octanol–water partition coefficient (Wildman–Crippen LogP) is 3.24. The van der Waals surface area contributed by atoms with Gasteiger partial charge in [0.05, 0.1) is 12.8 Å². The van der Waals surface area contributed by atoms with E-state index in [4.69, 9.17) is 4.74 Å². The number of hydrogen-bond acceptors (Lipinski definition) is 3. The fourth-order valence-corrected chi connectivity index (χ4v) is 1.84. The fourth-order valence-electron chi connectivity index (χ4n) is 1.51. The second-order valence-corrected chi connectivity index (χ2v) is 4.55. The van der Waals surface area contributed by atoms with E-state index in [1.807, 2.05) is 0 Å². The van der Waals surface area contributed by atoms with Crippen LogP contribution in [0.3, 0.4) is 0 Å². The number of carbonyl (C=O) groups is 1. The molecule has 0 atom stereocenters. The average Bonchev–Trinajstić information content (AvgIpc) is 2.41. The molecule has 0 saturated heterocycles. The highest BCUT2D eigenvalue weighted by Crippen LogP contribution is 2.21. The number of carbonyl (C=O) groups excluding carboxylic acids is 1.